The molecule has 0 radical (unpaired) electrons. The fourth-order valence-electron chi connectivity index (χ4n) is 3.53. The van der Waals surface area contributed by atoms with Crippen LogP contribution in [-0.4, -0.2) is 16.0 Å². The molecule has 1 heterocycles. The Morgan fingerprint density at radius 3 is 2.44 bits per heavy atom. The van der Waals surface area contributed by atoms with Crippen LogP contribution in [0.1, 0.15) is 44.2 Å². The van der Waals surface area contributed by atoms with Gasteiger partial charge in [-0.25, -0.2) is 4.98 Å². The number of fused-ring (bicyclic) bond motifs is 1. The first kappa shape index (κ1) is 15.9. The zero-order chi connectivity index (χ0) is 17.1. The Hall–Kier alpha value is -2.62. The van der Waals surface area contributed by atoms with Gasteiger partial charge in [-0.2, -0.15) is 4.98 Å². The fourth-order valence-corrected chi connectivity index (χ4v) is 3.53. The first-order chi connectivity index (χ1) is 12.3. The minimum Gasteiger partial charge on any atom is -0.367 e. The Kier molecular flexibility index (Phi) is 4.51. The maximum atomic E-state index is 4.80. The van der Waals surface area contributed by atoms with E-state index in [2.05, 4.69) is 54.0 Å². The second-order valence-corrected chi connectivity index (χ2v) is 6.82. The van der Waals surface area contributed by atoms with Gasteiger partial charge in [0.1, 0.15) is 5.82 Å². The summed E-state index contributed by atoms with van der Waals surface area (Å²) in [6, 6.07) is 19.3. The van der Waals surface area contributed by atoms with Crippen LogP contribution in [0.15, 0.2) is 54.6 Å². The van der Waals surface area contributed by atoms with Gasteiger partial charge in [-0.15, -0.1) is 0 Å². The Bertz CT molecular complexity index is 841. The lowest BCUT2D eigenvalue weighted by Crippen LogP contribution is -2.17. The summed E-state index contributed by atoms with van der Waals surface area (Å²) in [4.78, 5) is 9.51. The van der Waals surface area contributed by atoms with Crippen molar-refractivity contribution in [2.75, 3.05) is 10.6 Å². The lowest BCUT2D eigenvalue weighted by molar-refractivity contribution is 0.751. The number of nitrogens with zero attached hydrogens (tertiary/aromatic N) is 2. The van der Waals surface area contributed by atoms with Crippen LogP contribution in [0.2, 0.25) is 0 Å². The van der Waals surface area contributed by atoms with Crippen LogP contribution in [0.25, 0.3) is 10.9 Å². The largest absolute Gasteiger partial charge is 0.367 e. The second-order valence-electron chi connectivity index (χ2n) is 6.82. The van der Waals surface area contributed by atoms with Gasteiger partial charge in [-0.05, 0) is 37.5 Å². The molecular weight excluding hydrogens is 308 g/mol. The Balaban J connectivity index is 1.64. The average Bonchev–Trinajstić information content (AvgIpc) is 3.15. The van der Waals surface area contributed by atoms with Crippen LogP contribution in [-0.2, 0) is 0 Å². The lowest BCUT2D eigenvalue weighted by atomic mass is 10.1. The summed E-state index contributed by atoms with van der Waals surface area (Å²) >= 11 is 0. The number of anilines is 2. The molecule has 4 nitrogen and oxygen atoms in total. The molecule has 1 atom stereocenters. The molecule has 1 fully saturated rings. The molecule has 0 spiro atoms. The van der Waals surface area contributed by atoms with E-state index in [1.807, 2.05) is 18.2 Å². The molecular formula is C21H24N4. The molecule has 0 aliphatic heterocycles. The van der Waals surface area contributed by atoms with Crippen LogP contribution in [0, 0.1) is 0 Å². The Morgan fingerprint density at radius 2 is 1.64 bits per heavy atom. The third kappa shape index (κ3) is 3.58. The van der Waals surface area contributed by atoms with Gasteiger partial charge in [0, 0.05) is 11.4 Å². The van der Waals surface area contributed by atoms with Crippen molar-refractivity contribution in [1.29, 1.82) is 0 Å². The normalized spacial score (nSPS) is 16.0. The molecule has 1 unspecified atom stereocenters. The van der Waals surface area contributed by atoms with Gasteiger partial charge < -0.3 is 10.6 Å². The number of aromatic nitrogens is 2. The van der Waals surface area contributed by atoms with E-state index in [4.69, 9.17) is 9.97 Å². The van der Waals surface area contributed by atoms with Crippen LogP contribution >= 0.6 is 0 Å². The summed E-state index contributed by atoms with van der Waals surface area (Å²) in [6.07, 6.45) is 5.05. The van der Waals surface area contributed by atoms with E-state index in [1.54, 1.807) is 0 Å². The summed E-state index contributed by atoms with van der Waals surface area (Å²) in [6.45, 7) is 2.14. The zero-order valence-electron chi connectivity index (χ0n) is 14.6. The highest BCUT2D eigenvalue weighted by atomic mass is 15.2. The first-order valence-electron chi connectivity index (χ1n) is 9.14. The predicted molar refractivity (Wildman–Crippen MR) is 104 cm³/mol. The van der Waals surface area contributed by atoms with Gasteiger partial charge in [0.2, 0.25) is 5.95 Å². The highest BCUT2D eigenvalue weighted by molar-refractivity contribution is 5.90. The van der Waals surface area contributed by atoms with E-state index in [-0.39, 0.29) is 6.04 Å². The van der Waals surface area contributed by atoms with E-state index in [1.165, 1.54) is 31.2 Å². The average molecular weight is 332 g/mol. The summed E-state index contributed by atoms with van der Waals surface area (Å²) < 4.78 is 0. The maximum Gasteiger partial charge on any atom is 0.225 e. The van der Waals surface area contributed by atoms with Crippen molar-refractivity contribution in [2.24, 2.45) is 0 Å². The van der Waals surface area contributed by atoms with Crippen LogP contribution in [0.4, 0.5) is 11.8 Å². The number of benzene rings is 2. The summed E-state index contributed by atoms with van der Waals surface area (Å²) in [5.74, 6) is 1.62. The third-order valence-electron chi connectivity index (χ3n) is 4.94. The van der Waals surface area contributed by atoms with Gasteiger partial charge in [0.25, 0.3) is 0 Å². The minimum atomic E-state index is 0.154. The van der Waals surface area contributed by atoms with Gasteiger partial charge in [-0.1, -0.05) is 55.3 Å². The molecule has 0 saturated heterocycles. The maximum absolute atomic E-state index is 4.80. The monoisotopic (exact) mass is 332 g/mol. The molecule has 4 heteroatoms. The van der Waals surface area contributed by atoms with Crippen molar-refractivity contribution in [3.63, 3.8) is 0 Å². The van der Waals surface area contributed by atoms with E-state index < -0.39 is 0 Å². The number of rotatable bonds is 5. The smallest absolute Gasteiger partial charge is 0.225 e. The lowest BCUT2D eigenvalue weighted by Gasteiger charge is -2.18. The third-order valence-corrected chi connectivity index (χ3v) is 4.94. The van der Waals surface area contributed by atoms with Gasteiger partial charge in [0.05, 0.1) is 11.6 Å². The Morgan fingerprint density at radius 1 is 0.920 bits per heavy atom. The molecule has 2 N–H and O–H groups in total. The van der Waals surface area contributed by atoms with Crippen molar-refractivity contribution in [1.82, 2.24) is 9.97 Å². The quantitative estimate of drug-likeness (QED) is 0.678. The highest BCUT2D eigenvalue weighted by Gasteiger charge is 2.17. The second kappa shape index (κ2) is 7.09. The van der Waals surface area contributed by atoms with Crippen molar-refractivity contribution in [3.05, 3.63) is 60.2 Å². The number of hydrogen-bond acceptors (Lipinski definition) is 4. The predicted octanol–water partition coefficient (Wildman–Crippen LogP) is 5.16. The van der Waals surface area contributed by atoms with E-state index >= 15 is 0 Å². The minimum absolute atomic E-state index is 0.154. The molecule has 1 aromatic heterocycles. The number of para-hydroxylation sites is 1. The van der Waals surface area contributed by atoms with Crippen molar-refractivity contribution >= 4 is 22.7 Å². The molecule has 1 aliphatic rings. The van der Waals surface area contributed by atoms with E-state index in [9.17, 15) is 0 Å². The van der Waals surface area contributed by atoms with E-state index in [0.29, 0.717) is 12.0 Å². The van der Waals surface area contributed by atoms with Gasteiger partial charge in [0.15, 0.2) is 0 Å². The van der Waals surface area contributed by atoms with Crippen molar-refractivity contribution in [2.45, 2.75) is 44.7 Å². The topological polar surface area (TPSA) is 49.8 Å². The van der Waals surface area contributed by atoms with Crippen LogP contribution < -0.4 is 10.6 Å². The molecule has 1 aliphatic carbocycles. The number of nitrogens with one attached hydrogen (secondary N) is 2. The SMILES string of the molecule is CC(Nc1nc(NC2CCCC2)c2ccccc2n1)c1ccccc1. The summed E-state index contributed by atoms with van der Waals surface area (Å²) in [5, 5.41) is 8.19. The zero-order valence-corrected chi connectivity index (χ0v) is 14.6. The molecule has 4 rings (SSSR count). The summed E-state index contributed by atoms with van der Waals surface area (Å²) in [7, 11) is 0. The molecule has 25 heavy (non-hydrogen) atoms. The molecule has 0 bridgehead atoms. The van der Waals surface area contributed by atoms with Crippen molar-refractivity contribution < 1.29 is 0 Å². The molecule has 0 amide bonds. The fraction of sp³-hybridized carbons (Fsp3) is 0.333. The summed E-state index contributed by atoms with van der Waals surface area (Å²) in [5.41, 5.74) is 2.20. The van der Waals surface area contributed by atoms with Crippen LogP contribution in [0.3, 0.4) is 0 Å². The van der Waals surface area contributed by atoms with Crippen LogP contribution in [0.5, 0.6) is 0 Å². The molecule has 1 saturated carbocycles. The van der Waals surface area contributed by atoms with Gasteiger partial charge in [-0.3, -0.25) is 0 Å². The Labute approximate surface area is 148 Å². The first-order valence-corrected chi connectivity index (χ1v) is 9.14. The highest BCUT2D eigenvalue weighted by Crippen LogP contribution is 2.28. The standard InChI is InChI=1S/C21H24N4/c1-15(16-9-3-2-4-10-16)22-21-24-19-14-8-7-13-18(19)20(25-21)23-17-11-5-6-12-17/h2-4,7-10,13-15,17H,5-6,11-12H2,1H3,(H2,22,23,24,25). The molecule has 3 aromatic rings. The molecule has 2 aromatic carbocycles. The number of hydrogen-bond donors (Lipinski definition) is 2. The molecule has 128 valence electrons. The van der Waals surface area contributed by atoms with E-state index in [0.717, 1.165) is 16.7 Å². The van der Waals surface area contributed by atoms with Crippen molar-refractivity contribution in [3.8, 4) is 0 Å². The van der Waals surface area contributed by atoms with Gasteiger partial charge >= 0.3 is 0 Å².